The van der Waals surface area contributed by atoms with E-state index in [1.807, 2.05) is 6.07 Å². The third kappa shape index (κ3) is 2.00. The Bertz CT molecular complexity index is 828. The summed E-state index contributed by atoms with van der Waals surface area (Å²) in [4.78, 5) is 19.8. The molecule has 0 spiro atoms. The smallest absolute Gasteiger partial charge is 0.354 e. The lowest BCUT2D eigenvalue weighted by molar-refractivity contribution is 0.0687. The lowest BCUT2D eigenvalue weighted by Gasteiger charge is -2.05. The number of aryl methyl sites for hydroxylation is 1. The van der Waals surface area contributed by atoms with Gasteiger partial charge in [-0.15, -0.1) is 5.10 Å². The third-order valence-electron chi connectivity index (χ3n) is 2.79. The van der Waals surface area contributed by atoms with Crippen LogP contribution in [0.4, 0.5) is 0 Å². The normalized spacial score (nSPS) is 10.9. The van der Waals surface area contributed by atoms with Crippen molar-refractivity contribution in [3.63, 3.8) is 0 Å². The van der Waals surface area contributed by atoms with Crippen LogP contribution in [0.3, 0.4) is 0 Å². The largest absolute Gasteiger partial charge is 0.477 e. The van der Waals surface area contributed by atoms with Crippen LogP contribution in [0.15, 0.2) is 30.3 Å². The number of aromatic carboxylic acids is 1. The number of carbonyl (C=O) groups is 1. The number of hydrogen-bond acceptors (Lipinski definition) is 4. The zero-order valence-electron chi connectivity index (χ0n) is 10.4. The van der Waals surface area contributed by atoms with Gasteiger partial charge in [-0.05, 0) is 19.1 Å². The maximum Gasteiger partial charge on any atom is 0.354 e. The first kappa shape index (κ1) is 12.6. The molecule has 0 aliphatic heterocycles. The summed E-state index contributed by atoms with van der Waals surface area (Å²) in [5, 5.41) is 13.8. The first-order chi connectivity index (χ1) is 9.56. The van der Waals surface area contributed by atoms with Gasteiger partial charge in [-0.25, -0.2) is 9.78 Å². The summed E-state index contributed by atoms with van der Waals surface area (Å²) < 4.78 is 1.21. The molecule has 0 unspecified atom stereocenters. The number of fused-ring (bicyclic) bond motifs is 1. The van der Waals surface area contributed by atoms with Gasteiger partial charge in [0, 0.05) is 10.6 Å². The molecule has 1 aromatic carbocycles. The maximum absolute atomic E-state index is 11.3. The molecule has 7 heteroatoms. The molecule has 0 fully saturated rings. The van der Waals surface area contributed by atoms with E-state index in [0.717, 1.165) is 0 Å². The number of nitrogens with zero attached hydrogens (tertiary/aromatic N) is 4. The van der Waals surface area contributed by atoms with Crippen molar-refractivity contribution in [1.82, 2.24) is 19.6 Å². The molecule has 0 aliphatic carbocycles. The first-order valence-corrected chi connectivity index (χ1v) is 6.16. The van der Waals surface area contributed by atoms with Crippen molar-refractivity contribution < 1.29 is 9.90 Å². The first-order valence-electron chi connectivity index (χ1n) is 5.79. The third-order valence-corrected chi connectivity index (χ3v) is 3.12. The van der Waals surface area contributed by atoms with Gasteiger partial charge in [-0.2, -0.15) is 9.50 Å². The Morgan fingerprint density at radius 3 is 2.75 bits per heavy atom. The predicted octanol–water partition coefficient (Wildman–Crippen LogP) is 2.45. The summed E-state index contributed by atoms with van der Waals surface area (Å²) in [7, 11) is 0. The van der Waals surface area contributed by atoms with Gasteiger partial charge in [0.05, 0.1) is 5.69 Å². The Kier molecular flexibility index (Phi) is 2.87. The van der Waals surface area contributed by atoms with Gasteiger partial charge in [0.15, 0.2) is 5.69 Å². The zero-order chi connectivity index (χ0) is 14.3. The Labute approximate surface area is 118 Å². The number of benzene rings is 1. The molecule has 20 heavy (non-hydrogen) atoms. The Morgan fingerprint density at radius 1 is 1.30 bits per heavy atom. The number of hydrogen-bond donors (Lipinski definition) is 1. The monoisotopic (exact) mass is 288 g/mol. The molecule has 0 aliphatic rings. The fourth-order valence-electron chi connectivity index (χ4n) is 1.93. The Hall–Kier alpha value is -2.47. The highest BCUT2D eigenvalue weighted by atomic mass is 35.5. The van der Waals surface area contributed by atoms with E-state index in [9.17, 15) is 9.90 Å². The van der Waals surface area contributed by atoms with Crippen LogP contribution in [0, 0.1) is 6.92 Å². The minimum Gasteiger partial charge on any atom is -0.477 e. The highest BCUT2D eigenvalue weighted by molar-refractivity contribution is 6.33. The van der Waals surface area contributed by atoms with Crippen molar-refractivity contribution in [2.45, 2.75) is 6.92 Å². The van der Waals surface area contributed by atoms with Gasteiger partial charge in [0.1, 0.15) is 5.82 Å². The molecule has 0 amide bonds. The molecule has 3 rings (SSSR count). The number of halogens is 1. The minimum absolute atomic E-state index is 0.00878. The van der Waals surface area contributed by atoms with E-state index >= 15 is 0 Å². The minimum atomic E-state index is -1.10. The summed E-state index contributed by atoms with van der Waals surface area (Å²) in [5.41, 5.74) is 1.10. The number of carboxylic acids is 1. The van der Waals surface area contributed by atoms with E-state index in [2.05, 4.69) is 15.1 Å². The van der Waals surface area contributed by atoms with Crippen LogP contribution in [0.25, 0.3) is 17.0 Å². The summed E-state index contributed by atoms with van der Waals surface area (Å²) in [6, 6.07) is 8.53. The van der Waals surface area contributed by atoms with Crippen molar-refractivity contribution in [3.8, 4) is 11.3 Å². The van der Waals surface area contributed by atoms with E-state index in [0.29, 0.717) is 22.1 Å². The van der Waals surface area contributed by atoms with Crippen LogP contribution >= 0.6 is 11.6 Å². The lowest BCUT2D eigenvalue weighted by Crippen LogP contribution is -2.08. The van der Waals surface area contributed by atoms with Gasteiger partial charge in [-0.3, -0.25) is 0 Å². The van der Waals surface area contributed by atoms with E-state index in [4.69, 9.17) is 11.6 Å². The van der Waals surface area contributed by atoms with Crippen LogP contribution in [-0.4, -0.2) is 30.7 Å². The molecule has 6 nitrogen and oxygen atoms in total. The van der Waals surface area contributed by atoms with Crippen molar-refractivity contribution in [2.24, 2.45) is 0 Å². The van der Waals surface area contributed by atoms with Crippen molar-refractivity contribution in [2.75, 3.05) is 0 Å². The van der Waals surface area contributed by atoms with Crippen molar-refractivity contribution in [1.29, 1.82) is 0 Å². The van der Waals surface area contributed by atoms with Crippen LogP contribution in [0.2, 0.25) is 5.02 Å². The van der Waals surface area contributed by atoms with Gasteiger partial charge in [0.25, 0.3) is 5.78 Å². The summed E-state index contributed by atoms with van der Waals surface area (Å²) in [6.07, 6.45) is 0. The zero-order valence-corrected chi connectivity index (χ0v) is 11.2. The maximum atomic E-state index is 11.3. The summed E-state index contributed by atoms with van der Waals surface area (Å²) in [5.74, 6) is -0.413. The topological polar surface area (TPSA) is 80.4 Å². The van der Waals surface area contributed by atoms with Crippen LogP contribution in [-0.2, 0) is 0 Å². The van der Waals surface area contributed by atoms with E-state index in [1.54, 1.807) is 25.1 Å². The average molecular weight is 289 g/mol. The molecule has 0 atom stereocenters. The van der Waals surface area contributed by atoms with Gasteiger partial charge in [0.2, 0.25) is 0 Å². The highest BCUT2D eigenvalue weighted by Gasteiger charge is 2.16. The molecule has 0 radical (unpaired) electrons. The van der Waals surface area contributed by atoms with Gasteiger partial charge < -0.3 is 5.11 Å². The van der Waals surface area contributed by atoms with Gasteiger partial charge >= 0.3 is 5.97 Å². The Balaban J connectivity index is 2.33. The molecule has 0 bridgehead atoms. The average Bonchev–Trinajstić information content (AvgIpc) is 2.77. The molecule has 2 heterocycles. The van der Waals surface area contributed by atoms with Gasteiger partial charge in [-0.1, -0.05) is 29.8 Å². The molecular weight excluding hydrogens is 280 g/mol. The number of rotatable bonds is 2. The number of aromatic nitrogens is 4. The van der Waals surface area contributed by atoms with E-state index in [-0.39, 0.29) is 11.5 Å². The fourth-order valence-corrected chi connectivity index (χ4v) is 2.16. The second-order valence-electron chi connectivity index (χ2n) is 4.18. The van der Waals surface area contributed by atoms with Crippen LogP contribution < -0.4 is 0 Å². The molecule has 0 saturated heterocycles. The molecule has 1 N–H and O–H groups in total. The highest BCUT2D eigenvalue weighted by Crippen LogP contribution is 2.26. The predicted molar refractivity (Wildman–Crippen MR) is 72.9 cm³/mol. The quantitative estimate of drug-likeness (QED) is 0.783. The number of carboxylic acid groups (broad SMARTS) is 1. The lowest BCUT2D eigenvalue weighted by atomic mass is 10.1. The standard InChI is InChI=1S/C13H9ClN4O2/c1-7-15-13-16-10(8-4-2-3-5-9(8)14)6-11(12(19)20)18(13)17-7/h2-6H,1H3,(H,19,20). The second kappa shape index (κ2) is 4.57. The SMILES string of the molecule is Cc1nc2nc(-c3ccccc3Cl)cc(C(=O)O)n2n1. The van der Waals surface area contributed by atoms with Crippen LogP contribution in [0.1, 0.15) is 16.3 Å². The molecular formula is C13H9ClN4O2. The summed E-state index contributed by atoms with van der Waals surface area (Å²) in [6.45, 7) is 1.68. The Morgan fingerprint density at radius 2 is 2.05 bits per heavy atom. The van der Waals surface area contributed by atoms with E-state index < -0.39 is 5.97 Å². The van der Waals surface area contributed by atoms with Crippen molar-refractivity contribution in [3.05, 3.63) is 46.9 Å². The van der Waals surface area contributed by atoms with Crippen molar-refractivity contribution >= 4 is 23.3 Å². The van der Waals surface area contributed by atoms with E-state index in [1.165, 1.54) is 10.6 Å². The van der Waals surface area contributed by atoms with Crippen LogP contribution in [0.5, 0.6) is 0 Å². The molecule has 100 valence electrons. The summed E-state index contributed by atoms with van der Waals surface area (Å²) >= 11 is 6.12. The second-order valence-corrected chi connectivity index (χ2v) is 4.59. The molecule has 2 aromatic heterocycles. The fraction of sp³-hybridized carbons (Fsp3) is 0.0769. The molecule has 0 saturated carbocycles. The molecule has 3 aromatic rings.